The van der Waals surface area contributed by atoms with Gasteiger partial charge in [0.1, 0.15) is 12.4 Å². The average Bonchev–Trinajstić information content (AvgIpc) is 2.22. The van der Waals surface area contributed by atoms with Crippen LogP contribution in [0.15, 0.2) is 23.2 Å². The summed E-state index contributed by atoms with van der Waals surface area (Å²) in [5.74, 6) is 1.35. The van der Waals surface area contributed by atoms with Gasteiger partial charge in [-0.25, -0.2) is 4.99 Å². The lowest BCUT2D eigenvalue weighted by Gasteiger charge is -2.09. The molecule has 100 valence electrons. The number of rotatable bonds is 5. The van der Waals surface area contributed by atoms with Crippen LogP contribution in [0.4, 0.5) is 0 Å². The fourth-order valence-electron chi connectivity index (χ4n) is 1.69. The molecule has 0 aliphatic carbocycles. The maximum atomic E-state index is 5.69. The summed E-state index contributed by atoms with van der Waals surface area (Å²) in [7, 11) is 0. The number of aliphatic imine (C=N–C) groups is 1. The van der Waals surface area contributed by atoms with E-state index in [1.54, 1.807) is 0 Å². The Labute approximate surface area is 109 Å². The van der Waals surface area contributed by atoms with Gasteiger partial charge < -0.3 is 15.8 Å². The molecule has 4 heteroatoms. The lowest BCUT2D eigenvalue weighted by molar-refractivity contribution is 0.328. The van der Waals surface area contributed by atoms with Gasteiger partial charge in [-0.05, 0) is 51.0 Å². The number of nitrogens with two attached hydrogens (primary N) is 1. The number of nitrogens with zero attached hydrogens (tertiary/aromatic N) is 1. The summed E-state index contributed by atoms with van der Waals surface area (Å²) >= 11 is 0. The van der Waals surface area contributed by atoms with Crippen molar-refractivity contribution in [2.75, 3.05) is 13.2 Å². The van der Waals surface area contributed by atoms with E-state index < -0.39 is 0 Å². The summed E-state index contributed by atoms with van der Waals surface area (Å²) < 4.78 is 5.63. The van der Waals surface area contributed by atoms with Gasteiger partial charge in [-0.1, -0.05) is 6.07 Å². The van der Waals surface area contributed by atoms with E-state index in [0.29, 0.717) is 25.2 Å². The van der Waals surface area contributed by atoms with Crippen LogP contribution in [0.3, 0.4) is 0 Å². The molecule has 0 aromatic heterocycles. The molecule has 18 heavy (non-hydrogen) atoms. The van der Waals surface area contributed by atoms with E-state index in [9.17, 15) is 0 Å². The molecular weight excluding hydrogens is 226 g/mol. The van der Waals surface area contributed by atoms with Crippen LogP contribution in [0.1, 0.15) is 25.0 Å². The molecule has 0 atom stereocenters. The molecule has 1 aromatic rings. The molecule has 0 aliphatic rings. The minimum Gasteiger partial charge on any atom is -0.492 e. The number of nitrogens with one attached hydrogen (secondary N) is 1. The van der Waals surface area contributed by atoms with Crippen molar-refractivity contribution in [2.45, 2.75) is 33.7 Å². The summed E-state index contributed by atoms with van der Waals surface area (Å²) in [5.41, 5.74) is 8.09. The van der Waals surface area contributed by atoms with E-state index in [1.807, 2.05) is 26.0 Å². The highest BCUT2D eigenvalue weighted by Gasteiger charge is 1.97. The second-order valence-corrected chi connectivity index (χ2v) is 4.74. The van der Waals surface area contributed by atoms with Crippen LogP contribution in [0.5, 0.6) is 5.75 Å². The molecule has 0 aliphatic heterocycles. The molecule has 1 rings (SSSR count). The normalized spacial score (nSPS) is 11.7. The zero-order valence-electron chi connectivity index (χ0n) is 11.7. The van der Waals surface area contributed by atoms with Gasteiger partial charge in [0.15, 0.2) is 5.96 Å². The van der Waals surface area contributed by atoms with Crippen LogP contribution >= 0.6 is 0 Å². The summed E-state index contributed by atoms with van der Waals surface area (Å²) in [6, 6.07) is 6.46. The van der Waals surface area contributed by atoms with Crippen LogP contribution in [0.25, 0.3) is 0 Å². The number of hydrogen-bond donors (Lipinski definition) is 2. The third-order valence-corrected chi connectivity index (χ3v) is 2.27. The van der Waals surface area contributed by atoms with Crippen LogP contribution in [0, 0.1) is 13.8 Å². The van der Waals surface area contributed by atoms with Crippen molar-refractivity contribution in [3.05, 3.63) is 29.3 Å². The van der Waals surface area contributed by atoms with Crippen molar-refractivity contribution >= 4 is 5.96 Å². The summed E-state index contributed by atoms with van der Waals surface area (Å²) in [6.07, 6.45) is 0. The van der Waals surface area contributed by atoms with E-state index in [2.05, 4.69) is 30.2 Å². The van der Waals surface area contributed by atoms with Gasteiger partial charge in [-0.15, -0.1) is 0 Å². The molecule has 4 nitrogen and oxygen atoms in total. The van der Waals surface area contributed by atoms with Gasteiger partial charge in [0.25, 0.3) is 0 Å². The molecule has 0 heterocycles. The Bertz CT molecular complexity index is 393. The van der Waals surface area contributed by atoms with Gasteiger partial charge in [0.05, 0.1) is 6.54 Å². The van der Waals surface area contributed by atoms with Gasteiger partial charge in [0, 0.05) is 6.04 Å². The van der Waals surface area contributed by atoms with E-state index in [-0.39, 0.29) is 0 Å². The lowest BCUT2D eigenvalue weighted by Crippen LogP contribution is -2.37. The van der Waals surface area contributed by atoms with Crippen molar-refractivity contribution in [2.24, 2.45) is 10.7 Å². The molecule has 0 radical (unpaired) electrons. The molecule has 0 saturated carbocycles. The SMILES string of the molecule is Cc1cc(C)cc(OCCN=C(N)NC(C)C)c1. The zero-order chi connectivity index (χ0) is 13.5. The Morgan fingerprint density at radius 1 is 1.28 bits per heavy atom. The molecule has 0 unspecified atom stereocenters. The van der Waals surface area contributed by atoms with E-state index in [0.717, 1.165) is 5.75 Å². The Morgan fingerprint density at radius 3 is 2.44 bits per heavy atom. The molecule has 3 N–H and O–H groups in total. The van der Waals surface area contributed by atoms with Gasteiger partial charge in [-0.2, -0.15) is 0 Å². The Kier molecular flexibility index (Phi) is 5.49. The molecule has 0 fully saturated rings. The first kappa shape index (κ1) is 14.4. The van der Waals surface area contributed by atoms with Gasteiger partial charge in [0.2, 0.25) is 0 Å². The smallest absolute Gasteiger partial charge is 0.188 e. The first-order valence-electron chi connectivity index (χ1n) is 6.25. The summed E-state index contributed by atoms with van der Waals surface area (Å²) in [6.45, 7) is 9.25. The van der Waals surface area contributed by atoms with Crippen LogP contribution < -0.4 is 15.8 Å². The molecule has 1 aromatic carbocycles. The monoisotopic (exact) mass is 249 g/mol. The Morgan fingerprint density at radius 2 is 1.89 bits per heavy atom. The van der Waals surface area contributed by atoms with Crippen LogP contribution in [0.2, 0.25) is 0 Å². The topological polar surface area (TPSA) is 59.6 Å². The minimum atomic E-state index is 0.300. The Hall–Kier alpha value is -1.71. The fourth-order valence-corrected chi connectivity index (χ4v) is 1.69. The average molecular weight is 249 g/mol. The second-order valence-electron chi connectivity index (χ2n) is 4.74. The maximum Gasteiger partial charge on any atom is 0.188 e. The molecule has 0 bridgehead atoms. The quantitative estimate of drug-likeness (QED) is 0.476. The predicted molar refractivity (Wildman–Crippen MR) is 76.2 cm³/mol. The minimum absolute atomic E-state index is 0.300. The highest BCUT2D eigenvalue weighted by molar-refractivity contribution is 5.78. The molecule has 0 amide bonds. The van der Waals surface area contributed by atoms with E-state index >= 15 is 0 Å². The third kappa shape index (κ3) is 5.57. The first-order chi connectivity index (χ1) is 8.47. The van der Waals surface area contributed by atoms with Crippen molar-refractivity contribution in [1.82, 2.24) is 5.32 Å². The number of hydrogen-bond acceptors (Lipinski definition) is 2. The molecule has 0 spiro atoms. The van der Waals surface area contributed by atoms with Gasteiger partial charge >= 0.3 is 0 Å². The van der Waals surface area contributed by atoms with Gasteiger partial charge in [-0.3, -0.25) is 0 Å². The van der Waals surface area contributed by atoms with Crippen molar-refractivity contribution in [3.8, 4) is 5.75 Å². The Balaban J connectivity index is 2.37. The number of aryl methyl sites for hydroxylation is 2. The first-order valence-corrected chi connectivity index (χ1v) is 6.25. The van der Waals surface area contributed by atoms with Crippen molar-refractivity contribution in [1.29, 1.82) is 0 Å². The summed E-state index contributed by atoms with van der Waals surface area (Å²) in [4.78, 5) is 4.18. The van der Waals surface area contributed by atoms with Crippen LogP contribution in [-0.4, -0.2) is 25.2 Å². The molecule has 0 saturated heterocycles. The van der Waals surface area contributed by atoms with Crippen molar-refractivity contribution < 1.29 is 4.74 Å². The van der Waals surface area contributed by atoms with Crippen LogP contribution in [-0.2, 0) is 0 Å². The zero-order valence-corrected chi connectivity index (χ0v) is 11.7. The summed E-state index contributed by atoms with van der Waals surface area (Å²) in [5, 5.41) is 3.03. The number of benzene rings is 1. The van der Waals surface area contributed by atoms with Crippen molar-refractivity contribution in [3.63, 3.8) is 0 Å². The molecular formula is C14H23N3O. The lowest BCUT2D eigenvalue weighted by atomic mass is 10.1. The third-order valence-electron chi connectivity index (χ3n) is 2.27. The number of ether oxygens (including phenoxy) is 1. The number of guanidine groups is 1. The maximum absolute atomic E-state index is 5.69. The standard InChI is InChI=1S/C14H23N3O/c1-10(2)17-14(15)16-5-6-18-13-8-11(3)7-12(4)9-13/h7-10H,5-6H2,1-4H3,(H3,15,16,17). The van der Waals surface area contributed by atoms with E-state index in [4.69, 9.17) is 10.5 Å². The largest absolute Gasteiger partial charge is 0.492 e. The highest BCUT2D eigenvalue weighted by atomic mass is 16.5. The fraction of sp³-hybridized carbons (Fsp3) is 0.500. The second kappa shape index (κ2) is 6.89. The van der Waals surface area contributed by atoms with E-state index in [1.165, 1.54) is 11.1 Å². The predicted octanol–water partition coefficient (Wildman–Crippen LogP) is 1.99. The highest BCUT2D eigenvalue weighted by Crippen LogP contribution is 2.15.